The molecule has 5 heteroatoms. The van der Waals surface area contributed by atoms with Gasteiger partial charge in [0.2, 0.25) is 0 Å². The van der Waals surface area contributed by atoms with Crippen molar-refractivity contribution < 1.29 is 19.7 Å². The van der Waals surface area contributed by atoms with Crippen molar-refractivity contribution in [3.63, 3.8) is 0 Å². The topological polar surface area (TPSA) is 82.5 Å². The van der Waals surface area contributed by atoms with Crippen LogP contribution in [0.3, 0.4) is 0 Å². The van der Waals surface area contributed by atoms with E-state index in [0.717, 1.165) is 21.9 Å². The Hall–Kier alpha value is -2.53. The summed E-state index contributed by atoms with van der Waals surface area (Å²) in [5, 5.41) is 22.3. The minimum Gasteiger partial charge on any atom is -0.506 e. The van der Waals surface area contributed by atoms with Crippen LogP contribution in [0.2, 0.25) is 0 Å². The average molecular weight is 311 g/mol. The second-order valence-corrected chi connectivity index (χ2v) is 6.59. The second-order valence-electron chi connectivity index (χ2n) is 6.59. The fourth-order valence-corrected chi connectivity index (χ4v) is 3.29. The van der Waals surface area contributed by atoms with E-state index in [0.29, 0.717) is 17.5 Å². The molecule has 0 radical (unpaired) electrons. The maximum Gasteiger partial charge on any atom is 0.338 e. The smallest absolute Gasteiger partial charge is 0.338 e. The number of benzene rings is 2. The summed E-state index contributed by atoms with van der Waals surface area (Å²) in [7, 11) is 0. The van der Waals surface area contributed by atoms with E-state index < -0.39 is 17.7 Å². The van der Waals surface area contributed by atoms with Crippen molar-refractivity contribution in [1.82, 2.24) is 4.98 Å². The van der Waals surface area contributed by atoms with Crippen LogP contribution in [-0.4, -0.2) is 32.9 Å². The lowest BCUT2D eigenvalue weighted by Crippen LogP contribution is -2.44. The Labute approximate surface area is 132 Å². The lowest BCUT2D eigenvalue weighted by Gasteiger charge is -2.33. The number of hydrogen-bond donors (Lipinski definition) is 3. The standard InChI is InChI=1S/C18H17NO4/c1-18(2,22)14-8-10-11(17(21)23-14)7-13(20)16-15(10)9-5-3-4-6-12(9)19-16/h3-7,14,19-20,22H,8H2,1-2H3/t14-/m0/s1. The van der Waals surface area contributed by atoms with Gasteiger partial charge >= 0.3 is 5.97 Å². The highest BCUT2D eigenvalue weighted by atomic mass is 16.6. The van der Waals surface area contributed by atoms with Crippen LogP contribution in [0.5, 0.6) is 5.75 Å². The molecule has 1 atom stereocenters. The molecule has 0 saturated carbocycles. The predicted octanol–water partition coefficient (Wildman–Crippen LogP) is 2.88. The Morgan fingerprint density at radius 3 is 2.78 bits per heavy atom. The molecule has 0 unspecified atom stereocenters. The molecule has 0 amide bonds. The Bertz CT molecular complexity index is 949. The van der Waals surface area contributed by atoms with E-state index in [9.17, 15) is 15.0 Å². The van der Waals surface area contributed by atoms with Crippen molar-refractivity contribution in [3.05, 3.63) is 41.5 Å². The minimum absolute atomic E-state index is 0.0219. The number of para-hydroxylation sites is 1. The largest absolute Gasteiger partial charge is 0.506 e. The minimum atomic E-state index is -1.14. The monoisotopic (exact) mass is 311 g/mol. The first kappa shape index (κ1) is 14.1. The lowest BCUT2D eigenvalue weighted by molar-refractivity contribution is -0.0673. The molecule has 4 rings (SSSR count). The third kappa shape index (κ3) is 2.00. The van der Waals surface area contributed by atoms with Crippen molar-refractivity contribution in [2.45, 2.75) is 32.0 Å². The first-order chi connectivity index (χ1) is 10.9. The third-order valence-corrected chi connectivity index (χ3v) is 4.52. The van der Waals surface area contributed by atoms with Gasteiger partial charge in [-0.1, -0.05) is 18.2 Å². The summed E-state index contributed by atoms with van der Waals surface area (Å²) in [6, 6.07) is 9.15. The highest BCUT2D eigenvalue weighted by Gasteiger charge is 2.37. The number of aromatic hydroxyl groups is 1. The van der Waals surface area contributed by atoms with Crippen molar-refractivity contribution in [3.8, 4) is 5.75 Å². The summed E-state index contributed by atoms with van der Waals surface area (Å²) in [5.41, 5.74) is 1.53. The van der Waals surface area contributed by atoms with Crippen molar-refractivity contribution in [2.75, 3.05) is 0 Å². The van der Waals surface area contributed by atoms with Gasteiger partial charge in [0.1, 0.15) is 11.9 Å². The molecule has 3 aromatic rings. The molecule has 0 bridgehead atoms. The van der Waals surface area contributed by atoms with Gasteiger partial charge in [0.25, 0.3) is 0 Å². The fourth-order valence-electron chi connectivity index (χ4n) is 3.29. The van der Waals surface area contributed by atoms with E-state index in [1.807, 2.05) is 24.3 Å². The Kier molecular flexibility index (Phi) is 2.75. The number of fused-ring (bicyclic) bond motifs is 5. The molecular weight excluding hydrogens is 294 g/mol. The molecule has 5 nitrogen and oxygen atoms in total. The van der Waals surface area contributed by atoms with Gasteiger partial charge in [-0.2, -0.15) is 0 Å². The molecule has 1 aromatic heterocycles. The molecule has 23 heavy (non-hydrogen) atoms. The molecule has 0 spiro atoms. The van der Waals surface area contributed by atoms with E-state index in [-0.39, 0.29) is 5.75 Å². The van der Waals surface area contributed by atoms with Crippen LogP contribution in [-0.2, 0) is 11.2 Å². The molecule has 1 aliphatic rings. The van der Waals surface area contributed by atoms with Gasteiger partial charge in [-0.25, -0.2) is 4.79 Å². The zero-order valence-corrected chi connectivity index (χ0v) is 12.9. The van der Waals surface area contributed by atoms with E-state index in [1.165, 1.54) is 6.07 Å². The third-order valence-electron chi connectivity index (χ3n) is 4.52. The number of phenols is 1. The van der Waals surface area contributed by atoms with Crippen LogP contribution in [0, 0.1) is 0 Å². The molecule has 2 heterocycles. The molecular formula is C18H17NO4. The van der Waals surface area contributed by atoms with Crippen LogP contribution in [0.15, 0.2) is 30.3 Å². The van der Waals surface area contributed by atoms with Crippen molar-refractivity contribution in [2.24, 2.45) is 0 Å². The Morgan fingerprint density at radius 1 is 1.30 bits per heavy atom. The maximum atomic E-state index is 12.3. The number of esters is 1. The second kappa shape index (κ2) is 4.49. The number of carbonyl (C=O) groups is 1. The van der Waals surface area contributed by atoms with Crippen LogP contribution in [0.25, 0.3) is 21.8 Å². The molecule has 118 valence electrons. The lowest BCUT2D eigenvalue weighted by atomic mass is 9.87. The number of hydrogen-bond acceptors (Lipinski definition) is 4. The number of nitrogens with one attached hydrogen (secondary N) is 1. The SMILES string of the molecule is CC(C)(O)[C@@H]1Cc2c(cc(O)c3[nH]c4ccccc4c23)C(=O)O1. The van der Waals surface area contributed by atoms with E-state index in [2.05, 4.69) is 4.98 Å². The van der Waals surface area contributed by atoms with Gasteiger partial charge in [0, 0.05) is 22.7 Å². The van der Waals surface area contributed by atoms with Crippen molar-refractivity contribution >= 4 is 27.8 Å². The number of carbonyl (C=O) groups excluding carboxylic acids is 1. The highest BCUT2D eigenvalue weighted by molar-refractivity contribution is 6.14. The number of phenolic OH excluding ortho intramolecular Hbond substituents is 1. The summed E-state index contributed by atoms with van der Waals surface area (Å²) >= 11 is 0. The maximum absolute atomic E-state index is 12.3. The number of H-pyrrole nitrogens is 1. The molecule has 0 saturated heterocycles. The van der Waals surface area contributed by atoms with Crippen LogP contribution in [0.4, 0.5) is 0 Å². The van der Waals surface area contributed by atoms with E-state index in [4.69, 9.17) is 4.74 Å². The predicted molar refractivity (Wildman–Crippen MR) is 86.7 cm³/mol. The molecule has 1 aliphatic heterocycles. The number of aromatic amines is 1. The summed E-state index contributed by atoms with van der Waals surface area (Å²) < 4.78 is 5.36. The fraction of sp³-hybridized carbons (Fsp3) is 0.278. The average Bonchev–Trinajstić information content (AvgIpc) is 2.88. The van der Waals surface area contributed by atoms with Gasteiger partial charge in [-0.15, -0.1) is 0 Å². The van der Waals surface area contributed by atoms with Gasteiger partial charge in [0.05, 0.1) is 16.7 Å². The number of ether oxygens (including phenoxy) is 1. The van der Waals surface area contributed by atoms with Gasteiger partial charge in [0.15, 0.2) is 0 Å². The Morgan fingerprint density at radius 2 is 2.04 bits per heavy atom. The first-order valence-electron chi connectivity index (χ1n) is 7.55. The number of aliphatic hydroxyl groups is 1. The first-order valence-corrected chi connectivity index (χ1v) is 7.55. The van der Waals surface area contributed by atoms with Gasteiger partial charge in [-0.3, -0.25) is 0 Å². The normalized spacial score (nSPS) is 18.2. The summed E-state index contributed by atoms with van der Waals surface area (Å²) in [6.07, 6.45) is -0.215. The van der Waals surface area contributed by atoms with E-state index >= 15 is 0 Å². The highest BCUT2D eigenvalue weighted by Crippen LogP contribution is 2.39. The number of rotatable bonds is 1. The number of aromatic nitrogens is 1. The van der Waals surface area contributed by atoms with Gasteiger partial charge < -0.3 is 19.9 Å². The summed E-state index contributed by atoms with van der Waals surface area (Å²) in [6.45, 7) is 3.26. The summed E-state index contributed by atoms with van der Waals surface area (Å²) in [4.78, 5) is 15.5. The zero-order valence-electron chi connectivity index (χ0n) is 12.9. The van der Waals surface area contributed by atoms with Crippen LogP contribution >= 0.6 is 0 Å². The quantitative estimate of drug-likeness (QED) is 0.604. The van der Waals surface area contributed by atoms with Crippen LogP contribution in [0.1, 0.15) is 29.8 Å². The molecule has 2 aromatic carbocycles. The Balaban J connectivity index is 2.07. The number of cyclic esters (lactones) is 1. The van der Waals surface area contributed by atoms with Crippen LogP contribution < -0.4 is 0 Å². The molecule has 0 aliphatic carbocycles. The van der Waals surface area contributed by atoms with E-state index in [1.54, 1.807) is 13.8 Å². The summed E-state index contributed by atoms with van der Waals surface area (Å²) in [5.74, 6) is -0.491. The van der Waals surface area contributed by atoms with Gasteiger partial charge in [-0.05, 0) is 31.5 Å². The molecule has 0 fully saturated rings. The zero-order chi connectivity index (χ0) is 16.4. The van der Waals surface area contributed by atoms with Crippen molar-refractivity contribution in [1.29, 1.82) is 0 Å². The molecule has 3 N–H and O–H groups in total.